The van der Waals surface area contributed by atoms with Crippen molar-refractivity contribution in [3.05, 3.63) is 59.7 Å². The Hall–Kier alpha value is -3.23. The maximum Gasteiger partial charge on any atom is 0.254 e. The fraction of sp³-hybridized carbons (Fsp3) is 0.318. The van der Waals surface area contributed by atoms with Crippen molar-refractivity contribution in [2.24, 2.45) is 0 Å². The van der Waals surface area contributed by atoms with E-state index in [0.29, 0.717) is 16.9 Å². The molecule has 8 nitrogen and oxygen atoms in total. The minimum absolute atomic E-state index is 0.152. The summed E-state index contributed by atoms with van der Waals surface area (Å²) in [4.78, 5) is 39.6. The number of rotatable bonds is 5. The van der Waals surface area contributed by atoms with Crippen molar-refractivity contribution in [3.8, 4) is 0 Å². The molecular formula is C22H24N4O4. The first kappa shape index (κ1) is 20.1. The van der Waals surface area contributed by atoms with Gasteiger partial charge in [-0.2, -0.15) is 0 Å². The maximum absolute atomic E-state index is 12.5. The van der Waals surface area contributed by atoms with Gasteiger partial charge in [-0.25, -0.2) is 0 Å². The Morgan fingerprint density at radius 2 is 1.80 bits per heavy atom. The van der Waals surface area contributed by atoms with Gasteiger partial charge in [0, 0.05) is 25.3 Å². The van der Waals surface area contributed by atoms with Gasteiger partial charge in [0.1, 0.15) is 6.04 Å². The SMILES string of the molecule is O=C(C[C@H]1NC(=O)c2ccccc2NC1=O)Nc1ccc(CN2CCOCC2)cc1. The van der Waals surface area contributed by atoms with E-state index in [1.165, 1.54) is 0 Å². The minimum atomic E-state index is -0.939. The van der Waals surface area contributed by atoms with Crippen LogP contribution in [0.2, 0.25) is 0 Å². The van der Waals surface area contributed by atoms with Crippen LogP contribution in [0.15, 0.2) is 48.5 Å². The van der Waals surface area contributed by atoms with Crippen LogP contribution in [-0.4, -0.2) is 55.0 Å². The first-order valence-electron chi connectivity index (χ1n) is 9.98. The van der Waals surface area contributed by atoms with E-state index in [4.69, 9.17) is 4.74 Å². The largest absolute Gasteiger partial charge is 0.379 e. The van der Waals surface area contributed by atoms with Crippen LogP contribution in [0.25, 0.3) is 0 Å². The lowest BCUT2D eigenvalue weighted by Crippen LogP contribution is -2.43. The average Bonchev–Trinajstić information content (AvgIpc) is 2.86. The molecule has 0 spiro atoms. The number of nitrogens with one attached hydrogen (secondary N) is 3. The molecular weight excluding hydrogens is 384 g/mol. The number of amides is 3. The molecule has 3 N–H and O–H groups in total. The van der Waals surface area contributed by atoms with E-state index >= 15 is 0 Å². The van der Waals surface area contributed by atoms with Crippen LogP contribution in [0.3, 0.4) is 0 Å². The highest BCUT2D eigenvalue weighted by atomic mass is 16.5. The van der Waals surface area contributed by atoms with Gasteiger partial charge in [0.15, 0.2) is 0 Å². The molecule has 2 aromatic carbocycles. The van der Waals surface area contributed by atoms with Gasteiger partial charge in [-0.1, -0.05) is 24.3 Å². The highest BCUT2D eigenvalue weighted by molar-refractivity contribution is 6.11. The third-order valence-corrected chi connectivity index (χ3v) is 5.19. The second kappa shape index (κ2) is 9.06. The first-order valence-corrected chi connectivity index (χ1v) is 9.98. The van der Waals surface area contributed by atoms with Crippen molar-refractivity contribution >= 4 is 29.1 Å². The number of fused-ring (bicyclic) bond motifs is 1. The van der Waals surface area contributed by atoms with E-state index in [1.807, 2.05) is 24.3 Å². The van der Waals surface area contributed by atoms with E-state index in [9.17, 15) is 14.4 Å². The molecule has 4 rings (SSSR count). The van der Waals surface area contributed by atoms with Crippen LogP contribution >= 0.6 is 0 Å². The Kier molecular flexibility index (Phi) is 6.06. The molecule has 0 saturated carbocycles. The second-order valence-corrected chi connectivity index (χ2v) is 7.40. The average molecular weight is 408 g/mol. The Morgan fingerprint density at radius 3 is 2.57 bits per heavy atom. The zero-order valence-electron chi connectivity index (χ0n) is 16.5. The number of carbonyl (C=O) groups excluding carboxylic acids is 3. The monoisotopic (exact) mass is 408 g/mol. The van der Waals surface area contributed by atoms with E-state index < -0.39 is 11.9 Å². The second-order valence-electron chi connectivity index (χ2n) is 7.40. The number of ether oxygens (including phenoxy) is 1. The fourth-order valence-corrected chi connectivity index (χ4v) is 3.56. The molecule has 0 aliphatic carbocycles. The van der Waals surface area contributed by atoms with E-state index in [1.54, 1.807) is 24.3 Å². The topological polar surface area (TPSA) is 99.8 Å². The number of para-hydroxylation sites is 1. The molecule has 0 unspecified atom stereocenters. The van der Waals surface area contributed by atoms with Crippen LogP contribution in [0.1, 0.15) is 22.3 Å². The van der Waals surface area contributed by atoms with Gasteiger partial charge in [-0.05, 0) is 29.8 Å². The predicted molar refractivity (Wildman–Crippen MR) is 112 cm³/mol. The van der Waals surface area contributed by atoms with Gasteiger partial charge < -0.3 is 20.7 Å². The Labute approximate surface area is 174 Å². The van der Waals surface area contributed by atoms with Gasteiger partial charge in [0.25, 0.3) is 5.91 Å². The number of carbonyl (C=O) groups is 3. The summed E-state index contributed by atoms with van der Waals surface area (Å²) in [5.74, 6) is -1.14. The zero-order valence-corrected chi connectivity index (χ0v) is 16.5. The molecule has 1 fully saturated rings. The summed E-state index contributed by atoms with van der Waals surface area (Å²) in [6.07, 6.45) is -0.152. The molecule has 8 heteroatoms. The van der Waals surface area contributed by atoms with E-state index in [-0.39, 0.29) is 18.2 Å². The molecule has 2 aromatic rings. The maximum atomic E-state index is 12.5. The number of anilines is 2. The molecule has 30 heavy (non-hydrogen) atoms. The molecule has 0 radical (unpaired) electrons. The third kappa shape index (κ3) is 4.84. The normalized spacial score (nSPS) is 19.3. The Bertz CT molecular complexity index is 938. The smallest absolute Gasteiger partial charge is 0.254 e. The standard InChI is InChI=1S/C22H24N4O4/c27-20(13-19-22(29)24-18-4-2-1-3-17(18)21(28)25-19)23-16-7-5-15(6-8-16)14-26-9-11-30-12-10-26/h1-8,19H,9-14H2,(H,23,27)(H,24,29)(H,25,28)/t19-/m1/s1. The van der Waals surface area contributed by atoms with E-state index in [0.717, 1.165) is 38.4 Å². The molecule has 156 valence electrons. The first-order chi connectivity index (χ1) is 14.6. The molecule has 1 atom stereocenters. The third-order valence-electron chi connectivity index (χ3n) is 5.19. The molecule has 1 saturated heterocycles. The molecule has 0 bridgehead atoms. The van der Waals surface area contributed by atoms with Crippen molar-refractivity contribution < 1.29 is 19.1 Å². The Morgan fingerprint density at radius 1 is 1.07 bits per heavy atom. The van der Waals surface area contributed by atoms with Crippen LogP contribution in [0, 0.1) is 0 Å². The lowest BCUT2D eigenvalue weighted by molar-refractivity contribution is -0.122. The summed E-state index contributed by atoms with van der Waals surface area (Å²) < 4.78 is 5.36. The van der Waals surface area contributed by atoms with Crippen molar-refractivity contribution in [2.45, 2.75) is 19.0 Å². The Balaban J connectivity index is 1.33. The summed E-state index contributed by atoms with van der Waals surface area (Å²) in [7, 11) is 0. The molecule has 2 heterocycles. The zero-order chi connectivity index (χ0) is 20.9. The van der Waals surface area contributed by atoms with Gasteiger partial charge in [0.05, 0.1) is 30.9 Å². The highest BCUT2D eigenvalue weighted by Gasteiger charge is 2.29. The van der Waals surface area contributed by atoms with Crippen LogP contribution < -0.4 is 16.0 Å². The van der Waals surface area contributed by atoms with Crippen molar-refractivity contribution in [1.29, 1.82) is 0 Å². The summed E-state index contributed by atoms with van der Waals surface area (Å²) >= 11 is 0. The minimum Gasteiger partial charge on any atom is -0.379 e. The highest BCUT2D eigenvalue weighted by Crippen LogP contribution is 2.19. The van der Waals surface area contributed by atoms with Crippen LogP contribution in [0.5, 0.6) is 0 Å². The predicted octanol–water partition coefficient (Wildman–Crippen LogP) is 1.60. The number of benzene rings is 2. The molecule has 2 aliphatic heterocycles. The van der Waals surface area contributed by atoms with Crippen molar-refractivity contribution in [2.75, 3.05) is 36.9 Å². The summed E-state index contributed by atoms with van der Waals surface area (Å²) in [5, 5.41) is 8.12. The molecule has 0 aromatic heterocycles. The van der Waals surface area contributed by atoms with E-state index in [2.05, 4.69) is 20.9 Å². The summed E-state index contributed by atoms with van der Waals surface area (Å²) in [5.41, 5.74) is 2.63. The van der Waals surface area contributed by atoms with Gasteiger partial charge in [0.2, 0.25) is 11.8 Å². The number of hydrogen-bond donors (Lipinski definition) is 3. The number of nitrogens with zero attached hydrogens (tertiary/aromatic N) is 1. The molecule has 2 aliphatic rings. The van der Waals surface area contributed by atoms with Crippen LogP contribution in [0.4, 0.5) is 11.4 Å². The van der Waals surface area contributed by atoms with Crippen LogP contribution in [-0.2, 0) is 20.9 Å². The molecule has 3 amide bonds. The number of hydrogen-bond acceptors (Lipinski definition) is 5. The van der Waals surface area contributed by atoms with Gasteiger partial charge in [-0.3, -0.25) is 19.3 Å². The quantitative estimate of drug-likeness (QED) is 0.698. The van der Waals surface area contributed by atoms with Gasteiger partial charge >= 0.3 is 0 Å². The van der Waals surface area contributed by atoms with Crippen molar-refractivity contribution in [1.82, 2.24) is 10.2 Å². The summed E-state index contributed by atoms with van der Waals surface area (Å²) in [6, 6.07) is 13.4. The summed E-state index contributed by atoms with van der Waals surface area (Å²) in [6.45, 7) is 4.18. The lowest BCUT2D eigenvalue weighted by Gasteiger charge is -2.26. The number of morpholine rings is 1. The van der Waals surface area contributed by atoms with Gasteiger partial charge in [-0.15, -0.1) is 0 Å². The lowest BCUT2D eigenvalue weighted by atomic mass is 10.1. The fourth-order valence-electron chi connectivity index (χ4n) is 3.56. The van der Waals surface area contributed by atoms with Crippen molar-refractivity contribution in [3.63, 3.8) is 0 Å².